The fourth-order valence-corrected chi connectivity index (χ4v) is 2.31. The van der Waals surface area contributed by atoms with Crippen molar-refractivity contribution in [2.45, 2.75) is 52.1 Å². The monoisotopic (exact) mass is 188 g/mol. The Labute approximate surface area is 79.9 Å². The third-order valence-corrected chi connectivity index (χ3v) is 5.44. The average Bonchev–Trinajstić information content (AvgIpc) is 1.85. The summed E-state index contributed by atoms with van der Waals surface area (Å²) in [5.41, 5.74) is 0. The molecule has 0 spiro atoms. The standard InChI is InChI=1S/C11H25P/c1-7-8-10(2)9-11(3,4)12(5)6/h10H,7-9H2,1-6H3. The summed E-state index contributed by atoms with van der Waals surface area (Å²) in [6, 6.07) is 0. The van der Waals surface area contributed by atoms with Crippen molar-refractivity contribution in [3.05, 3.63) is 0 Å². The summed E-state index contributed by atoms with van der Waals surface area (Å²) in [6.45, 7) is 14.3. The van der Waals surface area contributed by atoms with E-state index in [1.807, 2.05) is 0 Å². The third-order valence-electron chi connectivity index (χ3n) is 2.84. The van der Waals surface area contributed by atoms with Gasteiger partial charge in [-0.25, -0.2) is 0 Å². The highest BCUT2D eigenvalue weighted by Gasteiger charge is 2.23. The molecule has 0 aliphatic heterocycles. The maximum Gasteiger partial charge on any atom is -0.0153 e. The Hall–Kier alpha value is 0.430. The molecule has 0 amide bonds. The molecule has 1 unspecified atom stereocenters. The van der Waals surface area contributed by atoms with Crippen molar-refractivity contribution in [3.63, 3.8) is 0 Å². The lowest BCUT2D eigenvalue weighted by Gasteiger charge is -2.32. The van der Waals surface area contributed by atoms with Gasteiger partial charge in [-0.1, -0.05) is 40.5 Å². The van der Waals surface area contributed by atoms with E-state index in [1.54, 1.807) is 0 Å². The molecule has 12 heavy (non-hydrogen) atoms. The molecule has 0 aromatic carbocycles. The van der Waals surface area contributed by atoms with Crippen molar-refractivity contribution in [3.8, 4) is 0 Å². The highest BCUT2D eigenvalue weighted by Crippen LogP contribution is 2.46. The summed E-state index contributed by atoms with van der Waals surface area (Å²) < 4.78 is 0. The van der Waals surface area contributed by atoms with Gasteiger partial charge in [0.05, 0.1) is 0 Å². The van der Waals surface area contributed by atoms with Crippen molar-refractivity contribution < 1.29 is 0 Å². The first kappa shape index (κ1) is 12.4. The molecule has 0 aliphatic carbocycles. The van der Waals surface area contributed by atoms with Crippen LogP contribution >= 0.6 is 7.92 Å². The Kier molecular flexibility index (Phi) is 5.41. The van der Waals surface area contributed by atoms with Crippen molar-refractivity contribution in [2.75, 3.05) is 13.3 Å². The Morgan fingerprint density at radius 1 is 1.25 bits per heavy atom. The van der Waals surface area contributed by atoms with Gasteiger partial charge in [-0.15, -0.1) is 7.92 Å². The second-order valence-corrected chi connectivity index (χ2v) is 7.80. The lowest BCUT2D eigenvalue weighted by atomic mass is 9.94. The van der Waals surface area contributed by atoms with Crippen LogP contribution in [0.5, 0.6) is 0 Å². The first-order chi connectivity index (χ1) is 5.40. The van der Waals surface area contributed by atoms with Gasteiger partial charge < -0.3 is 0 Å². The molecule has 1 atom stereocenters. The maximum atomic E-state index is 2.42. The minimum absolute atomic E-state index is 0.213. The van der Waals surface area contributed by atoms with Gasteiger partial charge in [0.25, 0.3) is 0 Å². The molecule has 0 rings (SSSR count). The van der Waals surface area contributed by atoms with E-state index >= 15 is 0 Å². The van der Waals surface area contributed by atoms with Gasteiger partial charge in [0.2, 0.25) is 0 Å². The topological polar surface area (TPSA) is 0 Å². The zero-order chi connectivity index (χ0) is 9.78. The van der Waals surface area contributed by atoms with Crippen molar-refractivity contribution >= 4 is 7.92 Å². The SMILES string of the molecule is CCCC(C)CC(C)(C)P(C)C. The van der Waals surface area contributed by atoms with E-state index in [-0.39, 0.29) is 7.92 Å². The fourth-order valence-electron chi connectivity index (χ4n) is 1.63. The minimum atomic E-state index is 0.213. The first-order valence-corrected chi connectivity index (χ1v) is 7.31. The Balaban J connectivity index is 3.88. The molecule has 0 saturated heterocycles. The van der Waals surface area contributed by atoms with Crippen LogP contribution < -0.4 is 0 Å². The van der Waals surface area contributed by atoms with E-state index in [2.05, 4.69) is 41.0 Å². The van der Waals surface area contributed by atoms with Crippen LogP contribution in [0.15, 0.2) is 0 Å². The van der Waals surface area contributed by atoms with Crippen LogP contribution in [0.1, 0.15) is 47.0 Å². The molecule has 0 nitrogen and oxygen atoms in total. The molecule has 0 heterocycles. The van der Waals surface area contributed by atoms with E-state index < -0.39 is 0 Å². The number of hydrogen-bond donors (Lipinski definition) is 0. The molecule has 0 fully saturated rings. The molecule has 0 N–H and O–H groups in total. The van der Waals surface area contributed by atoms with Gasteiger partial charge in [0.15, 0.2) is 0 Å². The summed E-state index contributed by atoms with van der Waals surface area (Å²) in [4.78, 5) is 0. The summed E-state index contributed by atoms with van der Waals surface area (Å²) >= 11 is 0. The lowest BCUT2D eigenvalue weighted by molar-refractivity contribution is 0.432. The predicted octanol–water partition coefficient (Wildman–Crippen LogP) is 4.33. The highest BCUT2D eigenvalue weighted by molar-refractivity contribution is 7.57. The van der Waals surface area contributed by atoms with Crippen molar-refractivity contribution in [1.29, 1.82) is 0 Å². The quantitative estimate of drug-likeness (QED) is 0.563. The van der Waals surface area contributed by atoms with Crippen LogP contribution in [0.2, 0.25) is 0 Å². The molecule has 0 aliphatic rings. The van der Waals surface area contributed by atoms with E-state index in [1.165, 1.54) is 19.3 Å². The largest absolute Gasteiger partial charge is 0.107 e. The second kappa shape index (κ2) is 5.22. The Bertz CT molecular complexity index is 116. The van der Waals surface area contributed by atoms with Gasteiger partial charge in [-0.3, -0.25) is 0 Å². The lowest BCUT2D eigenvalue weighted by Crippen LogP contribution is -2.20. The maximum absolute atomic E-state index is 2.42. The van der Waals surface area contributed by atoms with Crippen molar-refractivity contribution in [1.82, 2.24) is 0 Å². The van der Waals surface area contributed by atoms with Crippen LogP contribution in [0, 0.1) is 5.92 Å². The molecular formula is C11H25P. The van der Waals surface area contributed by atoms with Gasteiger partial charge in [0.1, 0.15) is 0 Å². The van der Waals surface area contributed by atoms with Crippen LogP contribution in [0.3, 0.4) is 0 Å². The van der Waals surface area contributed by atoms with Crippen LogP contribution in [0.4, 0.5) is 0 Å². The normalized spacial score (nSPS) is 15.2. The summed E-state index contributed by atoms with van der Waals surface area (Å²) in [7, 11) is 0.213. The molecule has 0 radical (unpaired) electrons. The fraction of sp³-hybridized carbons (Fsp3) is 1.00. The van der Waals surface area contributed by atoms with E-state index in [0.717, 1.165) is 5.92 Å². The summed E-state index contributed by atoms with van der Waals surface area (Å²) in [6.07, 6.45) is 4.13. The van der Waals surface area contributed by atoms with Crippen LogP contribution in [0.25, 0.3) is 0 Å². The van der Waals surface area contributed by atoms with Crippen LogP contribution in [-0.2, 0) is 0 Å². The molecule has 74 valence electrons. The molecule has 0 bridgehead atoms. The summed E-state index contributed by atoms with van der Waals surface area (Å²) in [5, 5.41) is 0.587. The summed E-state index contributed by atoms with van der Waals surface area (Å²) in [5.74, 6) is 0.912. The average molecular weight is 188 g/mol. The molecule has 0 saturated carbocycles. The van der Waals surface area contributed by atoms with Gasteiger partial charge >= 0.3 is 0 Å². The zero-order valence-corrected chi connectivity index (χ0v) is 10.5. The highest BCUT2D eigenvalue weighted by atomic mass is 31.1. The predicted molar refractivity (Wildman–Crippen MR) is 61.5 cm³/mol. The van der Waals surface area contributed by atoms with E-state index in [4.69, 9.17) is 0 Å². The Morgan fingerprint density at radius 2 is 1.75 bits per heavy atom. The van der Waals surface area contributed by atoms with Gasteiger partial charge in [0, 0.05) is 0 Å². The molecular weight excluding hydrogens is 163 g/mol. The molecule has 1 heteroatoms. The molecule has 0 aromatic rings. The van der Waals surface area contributed by atoms with Gasteiger partial charge in [-0.2, -0.15) is 0 Å². The first-order valence-electron chi connectivity index (χ1n) is 5.07. The van der Waals surface area contributed by atoms with E-state index in [0.29, 0.717) is 5.16 Å². The van der Waals surface area contributed by atoms with Crippen molar-refractivity contribution in [2.24, 2.45) is 5.92 Å². The minimum Gasteiger partial charge on any atom is -0.107 e. The van der Waals surface area contributed by atoms with Crippen LogP contribution in [-0.4, -0.2) is 18.5 Å². The number of hydrogen-bond acceptors (Lipinski definition) is 0. The smallest absolute Gasteiger partial charge is 0.0153 e. The second-order valence-electron chi connectivity index (χ2n) is 4.80. The van der Waals surface area contributed by atoms with E-state index in [9.17, 15) is 0 Å². The Morgan fingerprint density at radius 3 is 2.08 bits per heavy atom. The molecule has 0 aromatic heterocycles. The third kappa shape index (κ3) is 4.45. The number of rotatable bonds is 5. The van der Waals surface area contributed by atoms with Gasteiger partial charge in [-0.05, 0) is 30.8 Å². The zero-order valence-electron chi connectivity index (χ0n) is 9.65.